The Bertz CT molecular complexity index is 796. The van der Waals surface area contributed by atoms with Crippen LogP contribution in [0.2, 0.25) is 10.0 Å². The molecule has 0 amide bonds. The van der Waals surface area contributed by atoms with Gasteiger partial charge in [-0.2, -0.15) is 0 Å². The lowest BCUT2D eigenvalue weighted by molar-refractivity contribution is -0.138. The van der Waals surface area contributed by atoms with Gasteiger partial charge in [0.05, 0.1) is 20.3 Å². The highest BCUT2D eigenvalue weighted by Gasteiger charge is 2.13. The third-order valence-corrected chi connectivity index (χ3v) is 3.66. The molecule has 0 atom stereocenters. The number of hydrogen-bond donors (Lipinski definition) is 1. The molecular formula is C18H15Cl2NO4. The Balaban J connectivity index is 2.25. The van der Waals surface area contributed by atoms with E-state index in [1.54, 1.807) is 30.3 Å². The monoisotopic (exact) mass is 379 g/mol. The second-order valence-corrected chi connectivity index (χ2v) is 5.81. The first-order chi connectivity index (χ1) is 11.9. The van der Waals surface area contributed by atoms with Gasteiger partial charge >= 0.3 is 11.9 Å². The Kier molecular flexibility index (Phi) is 6.44. The van der Waals surface area contributed by atoms with Crippen LogP contribution in [0.4, 0.5) is 5.69 Å². The number of hydrogen-bond acceptors (Lipinski definition) is 5. The number of carbonyl (C=O) groups is 2. The minimum Gasteiger partial charge on any atom is -0.466 e. The summed E-state index contributed by atoms with van der Waals surface area (Å²) in [4.78, 5) is 23.1. The second kappa shape index (κ2) is 8.55. The molecule has 130 valence electrons. The summed E-state index contributed by atoms with van der Waals surface area (Å²) in [5, 5.41) is 3.91. The lowest BCUT2D eigenvalue weighted by atomic mass is 10.1. The van der Waals surface area contributed by atoms with E-state index >= 15 is 0 Å². The van der Waals surface area contributed by atoms with Crippen molar-refractivity contribution in [2.24, 2.45) is 0 Å². The fourth-order valence-electron chi connectivity index (χ4n) is 2.05. The van der Waals surface area contributed by atoms with Gasteiger partial charge in [-0.1, -0.05) is 35.3 Å². The molecule has 0 aliphatic heterocycles. The number of benzene rings is 2. The molecule has 25 heavy (non-hydrogen) atoms. The van der Waals surface area contributed by atoms with E-state index in [0.29, 0.717) is 15.7 Å². The van der Waals surface area contributed by atoms with Crippen molar-refractivity contribution in [3.8, 4) is 11.1 Å². The molecule has 0 fully saturated rings. The predicted molar refractivity (Wildman–Crippen MR) is 97.6 cm³/mol. The fourth-order valence-corrected chi connectivity index (χ4v) is 2.58. The highest BCUT2D eigenvalue weighted by atomic mass is 35.5. The minimum atomic E-state index is -0.684. The van der Waals surface area contributed by atoms with Crippen molar-refractivity contribution >= 4 is 40.8 Å². The van der Waals surface area contributed by atoms with Crippen molar-refractivity contribution in [2.75, 3.05) is 19.5 Å². The van der Waals surface area contributed by atoms with Crippen molar-refractivity contribution in [3.05, 3.63) is 64.3 Å². The molecule has 0 radical (unpaired) electrons. The topological polar surface area (TPSA) is 64.6 Å². The summed E-state index contributed by atoms with van der Waals surface area (Å²) in [5.41, 5.74) is 2.32. The van der Waals surface area contributed by atoms with Crippen molar-refractivity contribution in [2.45, 2.75) is 0 Å². The van der Waals surface area contributed by atoms with E-state index in [2.05, 4.69) is 14.8 Å². The molecule has 2 aromatic rings. The maximum atomic E-state index is 11.7. The quantitative estimate of drug-likeness (QED) is 0.619. The number of methoxy groups -OCH3 is 2. The smallest absolute Gasteiger partial charge is 0.354 e. The van der Waals surface area contributed by atoms with E-state index < -0.39 is 11.9 Å². The summed E-state index contributed by atoms with van der Waals surface area (Å²) in [7, 11) is 2.44. The minimum absolute atomic E-state index is 0.0344. The molecule has 5 nitrogen and oxygen atoms in total. The van der Waals surface area contributed by atoms with E-state index in [9.17, 15) is 9.59 Å². The molecule has 7 heteroatoms. The zero-order chi connectivity index (χ0) is 18.4. The molecule has 0 aliphatic rings. The molecule has 0 spiro atoms. The molecule has 2 rings (SSSR count). The SMILES string of the molecule is COC(=O)/C=C(/Nc1ccc(-c2cc(Cl)cc(Cl)c2)cc1)C(=O)OC. The van der Waals surface area contributed by atoms with E-state index in [1.807, 2.05) is 12.1 Å². The van der Waals surface area contributed by atoms with Crippen LogP contribution in [0.5, 0.6) is 0 Å². The molecular weight excluding hydrogens is 365 g/mol. The first-order valence-electron chi connectivity index (χ1n) is 7.14. The van der Waals surface area contributed by atoms with Crippen molar-refractivity contribution < 1.29 is 19.1 Å². The van der Waals surface area contributed by atoms with Gasteiger partial charge in [-0.3, -0.25) is 0 Å². The van der Waals surface area contributed by atoms with Gasteiger partial charge in [0.15, 0.2) is 0 Å². The van der Waals surface area contributed by atoms with E-state index in [1.165, 1.54) is 14.2 Å². The normalized spacial score (nSPS) is 11.0. The average Bonchev–Trinajstić information content (AvgIpc) is 2.60. The average molecular weight is 380 g/mol. The maximum absolute atomic E-state index is 11.7. The van der Waals surface area contributed by atoms with E-state index in [4.69, 9.17) is 23.2 Å². The Morgan fingerprint density at radius 1 is 0.920 bits per heavy atom. The van der Waals surface area contributed by atoms with Gasteiger partial charge in [0.2, 0.25) is 0 Å². The van der Waals surface area contributed by atoms with Crippen LogP contribution in [0.15, 0.2) is 54.2 Å². The zero-order valence-corrected chi connectivity index (χ0v) is 15.0. The Morgan fingerprint density at radius 2 is 1.52 bits per heavy atom. The fraction of sp³-hybridized carbons (Fsp3) is 0.111. The largest absolute Gasteiger partial charge is 0.466 e. The van der Waals surface area contributed by atoms with Crippen molar-refractivity contribution in [1.82, 2.24) is 0 Å². The summed E-state index contributed by atoms with van der Waals surface area (Å²) >= 11 is 12.0. The van der Waals surface area contributed by atoms with Gasteiger partial charge in [-0.15, -0.1) is 0 Å². The van der Waals surface area contributed by atoms with Crippen LogP contribution >= 0.6 is 23.2 Å². The molecule has 2 aromatic carbocycles. The number of anilines is 1. The maximum Gasteiger partial charge on any atom is 0.354 e. The van der Waals surface area contributed by atoms with Gasteiger partial charge in [0.1, 0.15) is 5.70 Å². The number of esters is 2. The Hall–Kier alpha value is -2.50. The van der Waals surface area contributed by atoms with Crippen LogP contribution < -0.4 is 5.32 Å². The Morgan fingerprint density at radius 3 is 2.04 bits per heavy atom. The number of halogens is 2. The van der Waals surface area contributed by atoms with Crippen LogP contribution in [-0.2, 0) is 19.1 Å². The molecule has 0 aliphatic carbocycles. The van der Waals surface area contributed by atoms with E-state index in [0.717, 1.165) is 17.2 Å². The van der Waals surface area contributed by atoms with Crippen LogP contribution in [0.25, 0.3) is 11.1 Å². The van der Waals surface area contributed by atoms with Gasteiger partial charge in [-0.05, 0) is 41.5 Å². The lowest BCUT2D eigenvalue weighted by Gasteiger charge is -2.10. The number of carbonyl (C=O) groups excluding carboxylic acids is 2. The molecule has 1 N–H and O–H groups in total. The van der Waals surface area contributed by atoms with Crippen LogP contribution in [-0.4, -0.2) is 26.2 Å². The first kappa shape index (κ1) is 18.8. The van der Waals surface area contributed by atoms with Crippen molar-refractivity contribution in [1.29, 1.82) is 0 Å². The summed E-state index contributed by atoms with van der Waals surface area (Å²) in [6, 6.07) is 12.4. The standard InChI is InChI=1S/C18H15Cl2NO4/c1-24-17(22)10-16(18(23)25-2)21-15-5-3-11(4-6-15)12-7-13(19)9-14(20)8-12/h3-10,21H,1-2H3/b16-10+. The molecule has 0 aromatic heterocycles. The summed E-state index contributed by atoms with van der Waals surface area (Å²) in [5.74, 6) is -1.35. The van der Waals surface area contributed by atoms with Gasteiger partial charge in [-0.25, -0.2) is 9.59 Å². The van der Waals surface area contributed by atoms with Crippen molar-refractivity contribution in [3.63, 3.8) is 0 Å². The first-order valence-corrected chi connectivity index (χ1v) is 7.90. The third-order valence-electron chi connectivity index (χ3n) is 3.23. The highest BCUT2D eigenvalue weighted by Crippen LogP contribution is 2.28. The molecule has 0 bridgehead atoms. The van der Waals surface area contributed by atoms with Crippen LogP contribution in [0.1, 0.15) is 0 Å². The molecule has 0 saturated carbocycles. The zero-order valence-electron chi connectivity index (χ0n) is 13.5. The van der Waals surface area contributed by atoms with Crippen LogP contribution in [0.3, 0.4) is 0 Å². The molecule has 0 unspecified atom stereocenters. The number of ether oxygens (including phenoxy) is 2. The summed E-state index contributed by atoms with van der Waals surface area (Å²) in [6.07, 6.45) is 1.02. The van der Waals surface area contributed by atoms with Gasteiger partial charge in [0, 0.05) is 15.7 Å². The summed E-state index contributed by atoms with van der Waals surface area (Å²) < 4.78 is 9.17. The molecule has 0 saturated heterocycles. The lowest BCUT2D eigenvalue weighted by Crippen LogP contribution is -2.15. The van der Waals surface area contributed by atoms with E-state index in [-0.39, 0.29) is 5.70 Å². The Labute approximate surface area is 155 Å². The van der Waals surface area contributed by atoms with Gasteiger partial charge < -0.3 is 14.8 Å². The third kappa shape index (κ3) is 5.24. The summed E-state index contributed by atoms with van der Waals surface area (Å²) in [6.45, 7) is 0. The highest BCUT2D eigenvalue weighted by molar-refractivity contribution is 6.35. The number of nitrogens with one attached hydrogen (secondary N) is 1. The predicted octanol–water partition coefficient (Wildman–Crippen LogP) is 4.30. The molecule has 0 heterocycles. The second-order valence-electron chi connectivity index (χ2n) is 4.93. The van der Waals surface area contributed by atoms with Gasteiger partial charge in [0.25, 0.3) is 0 Å². The van der Waals surface area contributed by atoms with Crippen LogP contribution in [0, 0.1) is 0 Å². The number of rotatable bonds is 5.